The Morgan fingerprint density at radius 1 is 1.10 bits per heavy atom. The Morgan fingerprint density at radius 2 is 1.67 bits per heavy atom. The molecule has 2 aromatic rings. The van der Waals surface area contributed by atoms with Crippen LogP contribution in [0, 0.1) is 26.9 Å². The molecule has 30 heavy (non-hydrogen) atoms. The summed E-state index contributed by atoms with van der Waals surface area (Å²) >= 11 is 0. The van der Waals surface area contributed by atoms with E-state index in [9.17, 15) is 14.9 Å². The summed E-state index contributed by atoms with van der Waals surface area (Å²) in [5.74, 6) is 0.959. The predicted molar refractivity (Wildman–Crippen MR) is 118 cm³/mol. The largest absolute Gasteiger partial charge is 0.497 e. The lowest BCUT2D eigenvalue weighted by atomic mass is 10.0. The van der Waals surface area contributed by atoms with Gasteiger partial charge in [-0.1, -0.05) is 39.8 Å². The fourth-order valence-corrected chi connectivity index (χ4v) is 4.80. The molecule has 1 unspecified atom stereocenters. The lowest BCUT2D eigenvalue weighted by Gasteiger charge is -2.31. The number of amides is 2. The summed E-state index contributed by atoms with van der Waals surface area (Å²) in [4.78, 5) is 26.0. The van der Waals surface area contributed by atoms with Gasteiger partial charge in [0.25, 0.3) is 5.69 Å². The number of para-hydroxylation sites is 2. The fourth-order valence-electron chi connectivity index (χ4n) is 4.80. The average Bonchev–Trinajstić information content (AvgIpc) is 3.11. The molecular formula is C23H29N3O4. The maximum Gasteiger partial charge on any atom is 0.326 e. The zero-order valence-corrected chi connectivity index (χ0v) is 18.3. The van der Waals surface area contributed by atoms with E-state index in [4.69, 9.17) is 4.74 Å². The Bertz CT molecular complexity index is 939. The second kappa shape index (κ2) is 7.63. The Kier molecular flexibility index (Phi) is 5.50. The lowest BCUT2D eigenvalue weighted by molar-refractivity contribution is -0.383. The zero-order chi connectivity index (χ0) is 22.3. The normalized spacial score (nSPS) is 17.7. The second-order valence-corrected chi connectivity index (χ2v) is 8.93. The van der Waals surface area contributed by atoms with E-state index in [0.29, 0.717) is 11.4 Å². The van der Waals surface area contributed by atoms with Gasteiger partial charge in [-0.3, -0.25) is 15.0 Å². The van der Waals surface area contributed by atoms with E-state index < -0.39 is 11.0 Å². The lowest BCUT2D eigenvalue weighted by Crippen LogP contribution is -2.44. The average molecular weight is 412 g/mol. The standard InChI is InChI=1S/C23H29N3O4/c1-15(20-22(2,3)23(20,4)5)25(16-11-13-17(30-6)14-12-16)21(27)24-18-9-7-8-10-19(18)26(28)29/h7-15,20H,1-6H3,(H,24,27). The van der Waals surface area contributed by atoms with Gasteiger partial charge in [-0.25, -0.2) is 4.79 Å². The first kappa shape index (κ1) is 21.6. The van der Waals surface area contributed by atoms with Crippen LogP contribution in [0.1, 0.15) is 34.6 Å². The Morgan fingerprint density at radius 3 is 2.17 bits per heavy atom. The molecule has 7 heteroatoms. The van der Waals surface area contributed by atoms with Crippen LogP contribution in [0.2, 0.25) is 0 Å². The van der Waals surface area contributed by atoms with Crippen LogP contribution in [0.5, 0.6) is 5.75 Å². The van der Waals surface area contributed by atoms with Crippen molar-refractivity contribution < 1.29 is 14.5 Å². The quantitative estimate of drug-likeness (QED) is 0.487. The molecule has 2 aromatic carbocycles. The van der Waals surface area contributed by atoms with Gasteiger partial charge in [-0.05, 0) is 54.0 Å². The highest BCUT2D eigenvalue weighted by atomic mass is 16.6. The van der Waals surface area contributed by atoms with E-state index in [1.54, 1.807) is 36.3 Å². The topological polar surface area (TPSA) is 84.7 Å². The number of methoxy groups -OCH3 is 1. The van der Waals surface area contributed by atoms with Crippen molar-refractivity contribution in [2.45, 2.75) is 40.7 Å². The number of nitro benzene ring substituents is 1. The summed E-state index contributed by atoms with van der Waals surface area (Å²) in [5.41, 5.74) is 0.873. The number of ether oxygens (including phenoxy) is 1. The van der Waals surface area contributed by atoms with Crippen molar-refractivity contribution in [1.29, 1.82) is 0 Å². The Balaban J connectivity index is 1.97. The predicted octanol–water partition coefficient (Wildman–Crippen LogP) is 5.71. The van der Waals surface area contributed by atoms with Gasteiger partial charge in [-0.2, -0.15) is 0 Å². The van der Waals surface area contributed by atoms with Crippen LogP contribution in [-0.2, 0) is 0 Å². The highest BCUT2D eigenvalue weighted by Crippen LogP contribution is 2.70. The molecule has 0 saturated heterocycles. The summed E-state index contributed by atoms with van der Waals surface area (Å²) in [6.07, 6.45) is 0. The number of anilines is 2. The van der Waals surface area contributed by atoms with Crippen LogP contribution in [0.3, 0.4) is 0 Å². The molecular weight excluding hydrogens is 382 g/mol. The molecule has 1 atom stereocenters. The zero-order valence-electron chi connectivity index (χ0n) is 18.3. The van der Waals surface area contributed by atoms with Crippen molar-refractivity contribution in [3.63, 3.8) is 0 Å². The van der Waals surface area contributed by atoms with Crippen LogP contribution in [0.15, 0.2) is 48.5 Å². The summed E-state index contributed by atoms with van der Waals surface area (Å²) < 4.78 is 5.24. The first-order chi connectivity index (χ1) is 14.0. The number of nitrogens with one attached hydrogen (secondary N) is 1. The van der Waals surface area contributed by atoms with Crippen molar-refractivity contribution in [3.8, 4) is 5.75 Å². The SMILES string of the molecule is COc1ccc(N(C(=O)Nc2ccccc2[N+](=O)[O-])C(C)C2C(C)(C)C2(C)C)cc1. The number of rotatable bonds is 6. The molecule has 0 spiro atoms. The van der Waals surface area contributed by atoms with Crippen LogP contribution in [-0.4, -0.2) is 24.1 Å². The maximum absolute atomic E-state index is 13.4. The van der Waals surface area contributed by atoms with E-state index in [-0.39, 0.29) is 34.2 Å². The van der Waals surface area contributed by atoms with Crippen molar-refractivity contribution in [2.24, 2.45) is 16.7 Å². The molecule has 0 bridgehead atoms. The molecule has 2 amide bonds. The molecule has 1 aliphatic carbocycles. The first-order valence-corrected chi connectivity index (χ1v) is 10.00. The van der Waals surface area contributed by atoms with Crippen molar-refractivity contribution in [1.82, 2.24) is 0 Å². The summed E-state index contributed by atoms with van der Waals surface area (Å²) in [5, 5.41) is 14.1. The molecule has 0 aromatic heterocycles. The van der Waals surface area contributed by atoms with Gasteiger partial charge in [0, 0.05) is 17.8 Å². The summed E-state index contributed by atoms with van der Waals surface area (Å²) in [7, 11) is 1.59. The minimum Gasteiger partial charge on any atom is -0.497 e. The highest BCUT2D eigenvalue weighted by molar-refractivity contribution is 6.03. The van der Waals surface area contributed by atoms with E-state index in [1.165, 1.54) is 12.1 Å². The van der Waals surface area contributed by atoms with Crippen molar-refractivity contribution in [3.05, 3.63) is 58.6 Å². The number of carbonyl (C=O) groups is 1. The monoisotopic (exact) mass is 411 g/mol. The maximum atomic E-state index is 13.4. The number of urea groups is 1. The Hall–Kier alpha value is -3.09. The first-order valence-electron chi connectivity index (χ1n) is 10.00. The molecule has 0 radical (unpaired) electrons. The van der Waals surface area contributed by atoms with Gasteiger partial charge in [-0.15, -0.1) is 0 Å². The molecule has 1 fully saturated rings. The molecule has 0 heterocycles. The molecule has 0 aliphatic heterocycles. The summed E-state index contributed by atoms with van der Waals surface area (Å²) in [6.45, 7) is 10.9. The number of hydrogen-bond donors (Lipinski definition) is 1. The van der Waals surface area contributed by atoms with Gasteiger partial charge in [0.05, 0.1) is 12.0 Å². The third-order valence-electron chi connectivity index (χ3n) is 6.93. The van der Waals surface area contributed by atoms with Gasteiger partial charge >= 0.3 is 6.03 Å². The molecule has 1 aliphatic rings. The van der Waals surface area contributed by atoms with E-state index in [1.807, 2.05) is 19.1 Å². The van der Waals surface area contributed by atoms with E-state index >= 15 is 0 Å². The number of benzene rings is 2. The van der Waals surface area contributed by atoms with Crippen LogP contribution < -0.4 is 15.0 Å². The van der Waals surface area contributed by atoms with Crippen LogP contribution in [0.4, 0.5) is 21.9 Å². The van der Waals surface area contributed by atoms with Gasteiger partial charge < -0.3 is 10.1 Å². The molecule has 1 saturated carbocycles. The van der Waals surface area contributed by atoms with Gasteiger partial charge in [0.2, 0.25) is 0 Å². The second-order valence-electron chi connectivity index (χ2n) is 8.93. The third kappa shape index (κ3) is 3.60. The van der Waals surface area contributed by atoms with Crippen molar-refractivity contribution in [2.75, 3.05) is 17.3 Å². The van der Waals surface area contributed by atoms with Crippen LogP contribution in [0.25, 0.3) is 0 Å². The summed E-state index contributed by atoms with van der Waals surface area (Å²) in [6, 6.07) is 12.9. The molecule has 160 valence electrons. The highest BCUT2D eigenvalue weighted by Gasteiger charge is 2.67. The molecule has 1 N–H and O–H groups in total. The number of nitrogens with zero attached hydrogens (tertiary/aromatic N) is 2. The van der Waals surface area contributed by atoms with Gasteiger partial charge in [0.15, 0.2) is 0 Å². The number of nitro groups is 1. The minimum atomic E-state index is -0.496. The number of carbonyl (C=O) groups excluding carboxylic acids is 1. The van der Waals surface area contributed by atoms with Gasteiger partial charge in [0.1, 0.15) is 11.4 Å². The van der Waals surface area contributed by atoms with Crippen molar-refractivity contribution >= 4 is 23.1 Å². The molecule has 3 rings (SSSR count). The minimum absolute atomic E-state index is 0.0656. The van der Waals surface area contributed by atoms with E-state index in [0.717, 1.165) is 0 Å². The fraction of sp³-hybridized carbons (Fsp3) is 0.435. The smallest absolute Gasteiger partial charge is 0.326 e. The number of hydrogen-bond acceptors (Lipinski definition) is 4. The molecule has 7 nitrogen and oxygen atoms in total. The third-order valence-corrected chi connectivity index (χ3v) is 6.93. The van der Waals surface area contributed by atoms with Crippen LogP contribution >= 0.6 is 0 Å². The Labute approximate surface area is 177 Å². The van der Waals surface area contributed by atoms with E-state index in [2.05, 4.69) is 33.0 Å².